The van der Waals surface area contributed by atoms with Gasteiger partial charge in [-0.05, 0) is 51.3 Å². The van der Waals surface area contributed by atoms with Gasteiger partial charge in [0.1, 0.15) is 18.5 Å². The van der Waals surface area contributed by atoms with Crippen molar-refractivity contribution in [2.45, 2.75) is 58.2 Å². The summed E-state index contributed by atoms with van der Waals surface area (Å²) in [6.45, 7) is 12.0. The molecule has 2 atom stereocenters. The highest BCUT2D eigenvalue weighted by Crippen LogP contribution is 2.22. The Morgan fingerprint density at radius 1 is 1.46 bits per heavy atom. The quantitative estimate of drug-likeness (QED) is 0.603. The van der Waals surface area contributed by atoms with Gasteiger partial charge in [-0.1, -0.05) is 18.2 Å². The molecule has 0 spiro atoms. The van der Waals surface area contributed by atoms with Gasteiger partial charge >= 0.3 is 0 Å². The Hall–Kier alpha value is -1.85. The van der Waals surface area contributed by atoms with Crippen LogP contribution in [0.25, 0.3) is 0 Å². The number of allylic oxidation sites excluding steroid dienone is 1. The van der Waals surface area contributed by atoms with E-state index in [0.29, 0.717) is 12.2 Å². The maximum absolute atomic E-state index is 11.1. The van der Waals surface area contributed by atoms with Crippen LogP contribution in [0.3, 0.4) is 0 Å². The molecule has 0 heterocycles. The summed E-state index contributed by atoms with van der Waals surface area (Å²) in [4.78, 5) is 11.1. The number of benzene rings is 1. The summed E-state index contributed by atoms with van der Waals surface area (Å²) < 4.78 is 5.79. The third kappa shape index (κ3) is 7.15. The van der Waals surface area contributed by atoms with Gasteiger partial charge in [-0.25, -0.2) is 0 Å². The molecular formula is C19H30N2O3. The average Bonchev–Trinajstić information content (AvgIpc) is 2.44. The summed E-state index contributed by atoms with van der Waals surface area (Å²) in [7, 11) is 0. The zero-order valence-corrected chi connectivity index (χ0v) is 15.1. The van der Waals surface area contributed by atoms with E-state index in [1.807, 2.05) is 25.1 Å². The smallest absolute Gasteiger partial charge is 0.221 e. The van der Waals surface area contributed by atoms with Crippen LogP contribution in [-0.2, 0) is 17.6 Å². The van der Waals surface area contributed by atoms with Crippen molar-refractivity contribution in [1.82, 2.24) is 5.32 Å². The molecule has 0 aliphatic heterocycles. The zero-order chi connectivity index (χ0) is 18.3. The molecule has 5 heteroatoms. The van der Waals surface area contributed by atoms with E-state index < -0.39 is 6.10 Å². The summed E-state index contributed by atoms with van der Waals surface area (Å²) in [5, 5.41) is 13.6. The molecule has 0 aliphatic carbocycles. The fourth-order valence-electron chi connectivity index (χ4n) is 2.50. The molecule has 0 aromatic heterocycles. The van der Waals surface area contributed by atoms with E-state index in [2.05, 4.69) is 32.7 Å². The number of nitrogens with one attached hydrogen (secondary N) is 1. The molecule has 2 unspecified atom stereocenters. The van der Waals surface area contributed by atoms with Gasteiger partial charge in [0.05, 0.1) is 6.42 Å². The first kappa shape index (κ1) is 20.2. The van der Waals surface area contributed by atoms with Crippen LogP contribution in [0.4, 0.5) is 0 Å². The number of ether oxygens (including phenoxy) is 1. The number of aliphatic hydroxyl groups excluding tert-OH is 1. The van der Waals surface area contributed by atoms with Crippen molar-refractivity contribution in [1.29, 1.82) is 0 Å². The average molecular weight is 334 g/mol. The third-order valence-corrected chi connectivity index (χ3v) is 3.51. The first-order valence-electron chi connectivity index (χ1n) is 8.22. The minimum Gasteiger partial charge on any atom is -0.491 e. The van der Waals surface area contributed by atoms with Crippen LogP contribution in [0.15, 0.2) is 30.9 Å². The van der Waals surface area contributed by atoms with Crippen molar-refractivity contribution in [3.05, 3.63) is 42.0 Å². The number of hydrogen-bond acceptors (Lipinski definition) is 4. The Morgan fingerprint density at radius 2 is 2.12 bits per heavy atom. The standard InChI is InChI=1S/C19H30N2O3/c1-6-7-15-10-14(11-18(20)23)8-9-17(15)24-12-16(22)13(2)21-19(3,4)5/h6,8-10,13,16,21-22H,1,7,11-12H2,2-5H3,(H2,20,23). The first-order valence-corrected chi connectivity index (χ1v) is 8.22. The second-order valence-corrected chi connectivity index (χ2v) is 7.14. The van der Waals surface area contributed by atoms with Gasteiger partial charge in [-0.2, -0.15) is 0 Å². The molecule has 0 bridgehead atoms. The summed E-state index contributed by atoms with van der Waals surface area (Å²) in [5.74, 6) is 0.316. The highest BCUT2D eigenvalue weighted by molar-refractivity contribution is 5.76. The van der Waals surface area contributed by atoms with Gasteiger partial charge in [0.2, 0.25) is 5.91 Å². The van der Waals surface area contributed by atoms with Crippen LogP contribution < -0.4 is 15.8 Å². The number of carbonyl (C=O) groups excluding carboxylic acids is 1. The number of primary amides is 1. The maximum atomic E-state index is 11.1. The van der Waals surface area contributed by atoms with Crippen molar-refractivity contribution >= 4 is 5.91 Å². The van der Waals surface area contributed by atoms with Crippen LogP contribution in [0.1, 0.15) is 38.8 Å². The molecule has 0 radical (unpaired) electrons. The summed E-state index contributed by atoms with van der Waals surface area (Å²) >= 11 is 0. The first-order chi connectivity index (χ1) is 11.1. The molecule has 0 aliphatic rings. The number of rotatable bonds is 9. The lowest BCUT2D eigenvalue weighted by Crippen LogP contribution is -2.49. The summed E-state index contributed by atoms with van der Waals surface area (Å²) in [6.07, 6.45) is 1.95. The van der Waals surface area contributed by atoms with E-state index >= 15 is 0 Å². The van der Waals surface area contributed by atoms with Gasteiger partial charge in [-0.3, -0.25) is 4.79 Å². The predicted molar refractivity (Wildman–Crippen MR) is 97.1 cm³/mol. The fourth-order valence-corrected chi connectivity index (χ4v) is 2.50. The minimum atomic E-state index is -0.633. The van der Waals surface area contributed by atoms with Crippen molar-refractivity contribution < 1.29 is 14.6 Å². The molecule has 5 nitrogen and oxygen atoms in total. The van der Waals surface area contributed by atoms with Crippen LogP contribution in [0.5, 0.6) is 5.75 Å². The Kier molecular flexibility index (Phi) is 7.45. The Balaban J connectivity index is 2.75. The lowest BCUT2D eigenvalue weighted by Gasteiger charge is -2.29. The summed E-state index contributed by atoms with van der Waals surface area (Å²) in [6, 6.07) is 5.43. The molecular weight excluding hydrogens is 304 g/mol. The molecule has 1 rings (SSSR count). The molecule has 0 saturated carbocycles. The molecule has 0 saturated heterocycles. The molecule has 134 valence electrons. The van der Waals surface area contributed by atoms with Crippen LogP contribution >= 0.6 is 0 Å². The highest BCUT2D eigenvalue weighted by atomic mass is 16.5. The van der Waals surface area contributed by atoms with Gasteiger partial charge in [0.15, 0.2) is 0 Å². The van der Waals surface area contributed by atoms with Crippen LogP contribution in [0, 0.1) is 0 Å². The maximum Gasteiger partial charge on any atom is 0.221 e. The molecule has 24 heavy (non-hydrogen) atoms. The van der Waals surface area contributed by atoms with E-state index in [0.717, 1.165) is 11.1 Å². The third-order valence-electron chi connectivity index (χ3n) is 3.51. The van der Waals surface area contributed by atoms with Crippen molar-refractivity contribution in [2.75, 3.05) is 6.61 Å². The van der Waals surface area contributed by atoms with Crippen molar-refractivity contribution in [3.8, 4) is 5.75 Å². The second kappa shape index (κ2) is 8.85. The van der Waals surface area contributed by atoms with Gasteiger partial charge in [-0.15, -0.1) is 6.58 Å². The molecule has 1 aromatic rings. The predicted octanol–water partition coefficient (Wildman–Crippen LogP) is 1.96. The number of hydrogen-bond donors (Lipinski definition) is 3. The van der Waals surface area contributed by atoms with E-state index in [-0.39, 0.29) is 30.5 Å². The molecule has 1 amide bonds. The Morgan fingerprint density at radius 3 is 2.67 bits per heavy atom. The molecule has 0 fully saturated rings. The van der Waals surface area contributed by atoms with Gasteiger partial charge in [0.25, 0.3) is 0 Å². The van der Waals surface area contributed by atoms with Gasteiger partial charge in [0, 0.05) is 11.6 Å². The highest BCUT2D eigenvalue weighted by Gasteiger charge is 2.21. The monoisotopic (exact) mass is 334 g/mol. The lowest BCUT2D eigenvalue weighted by atomic mass is 10.0. The van der Waals surface area contributed by atoms with E-state index in [1.165, 1.54) is 0 Å². The van der Waals surface area contributed by atoms with Crippen molar-refractivity contribution in [2.24, 2.45) is 5.73 Å². The topological polar surface area (TPSA) is 84.6 Å². The van der Waals surface area contributed by atoms with Crippen molar-refractivity contribution in [3.63, 3.8) is 0 Å². The normalized spacial score (nSPS) is 14.0. The van der Waals surface area contributed by atoms with E-state index in [1.54, 1.807) is 6.08 Å². The molecule has 1 aromatic carbocycles. The minimum absolute atomic E-state index is 0.0786. The SMILES string of the molecule is C=CCc1cc(CC(N)=O)ccc1OCC(O)C(C)NC(C)(C)C. The zero-order valence-electron chi connectivity index (χ0n) is 15.1. The second-order valence-electron chi connectivity index (χ2n) is 7.14. The van der Waals surface area contributed by atoms with Gasteiger partial charge < -0.3 is 20.9 Å². The number of nitrogens with two attached hydrogens (primary N) is 1. The molecule has 4 N–H and O–H groups in total. The van der Waals surface area contributed by atoms with Crippen LogP contribution in [-0.4, -0.2) is 35.3 Å². The van der Waals surface area contributed by atoms with E-state index in [9.17, 15) is 9.90 Å². The largest absolute Gasteiger partial charge is 0.491 e. The van der Waals surface area contributed by atoms with Crippen LogP contribution in [0.2, 0.25) is 0 Å². The number of aliphatic hydroxyl groups is 1. The summed E-state index contributed by atoms with van der Waals surface area (Å²) in [5.41, 5.74) is 6.93. The number of carbonyl (C=O) groups is 1. The Labute approximate surface area is 144 Å². The fraction of sp³-hybridized carbons (Fsp3) is 0.526. The lowest BCUT2D eigenvalue weighted by molar-refractivity contribution is -0.117. The Bertz CT molecular complexity index is 564. The number of amides is 1. The van der Waals surface area contributed by atoms with E-state index in [4.69, 9.17) is 10.5 Å².